The van der Waals surface area contributed by atoms with Gasteiger partial charge in [-0.1, -0.05) is 6.07 Å². The maximum Gasteiger partial charge on any atom is 0.356 e. The molecular formula is C19H21N3O3S. The number of carbonyl (C=O) groups is 2. The lowest BCUT2D eigenvalue weighted by Gasteiger charge is -2.24. The number of nitrogens with one attached hydrogen (secondary N) is 1. The van der Waals surface area contributed by atoms with E-state index in [-0.39, 0.29) is 0 Å². The van der Waals surface area contributed by atoms with Gasteiger partial charge in [0.25, 0.3) is 5.91 Å². The summed E-state index contributed by atoms with van der Waals surface area (Å²) in [5, 5.41) is 4.82. The second kappa shape index (κ2) is 6.92. The van der Waals surface area contributed by atoms with Crippen LogP contribution in [-0.4, -0.2) is 27.0 Å². The van der Waals surface area contributed by atoms with Gasteiger partial charge in [0.2, 0.25) is 6.10 Å². The normalized spacial score (nSPS) is 12.8. The van der Waals surface area contributed by atoms with Gasteiger partial charge in [0.05, 0.1) is 15.9 Å². The van der Waals surface area contributed by atoms with E-state index >= 15 is 0 Å². The lowest BCUT2D eigenvalue weighted by atomic mass is 10.1. The molecular weight excluding hydrogens is 350 g/mol. The zero-order valence-corrected chi connectivity index (χ0v) is 16.0. The number of hydrogen-bond acceptors (Lipinski definition) is 5. The van der Waals surface area contributed by atoms with E-state index in [2.05, 4.69) is 10.3 Å². The van der Waals surface area contributed by atoms with Crippen LogP contribution in [0.2, 0.25) is 0 Å². The van der Waals surface area contributed by atoms with Crippen molar-refractivity contribution in [2.45, 2.75) is 32.4 Å². The fourth-order valence-electron chi connectivity index (χ4n) is 2.63. The highest BCUT2D eigenvalue weighted by molar-refractivity contribution is 7.17. The summed E-state index contributed by atoms with van der Waals surface area (Å²) in [4.78, 5) is 29.6. The number of carbonyl (C=O) groups excluding carboxylic acids is 2. The fourth-order valence-corrected chi connectivity index (χ4v) is 3.48. The molecule has 3 aromatic rings. The van der Waals surface area contributed by atoms with Crippen molar-refractivity contribution >= 4 is 33.4 Å². The zero-order chi connectivity index (χ0) is 18.9. The van der Waals surface area contributed by atoms with Gasteiger partial charge < -0.3 is 14.6 Å². The number of thiophene rings is 1. The van der Waals surface area contributed by atoms with Crippen LogP contribution in [0.3, 0.4) is 0 Å². The van der Waals surface area contributed by atoms with Crippen LogP contribution in [0.1, 0.15) is 43.1 Å². The molecule has 1 N–H and O–H groups in total. The summed E-state index contributed by atoms with van der Waals surface area (Å²) in [7, 11) is 1.80. The van der Waals surface area contributed by atoms with Gasteiger partial charge in [0.15, 0.2) is 0 Å². The van der Waals surface area contributed by atoms with Gasteiger partial charge in [-0.2, -0.15) is 0 Å². The summed E-state index contributed by atoms with van der Waals surface area (Å²) in [5.74, 6) is -0.962. The lowest BCUT2D eigenvalue weighted by molar-refractivity contribution is -0.132. The van der Waals surface area contributed by atoms with Gasteiger partial charge in [-0.05, 0) is 50.4 Å². The SMILES string of the molecule is Cn1c(C(=O)OC(C(=O)NC(C)(C)C)c2ccccn2)cc2sccc21. The fraction of sp³-hybridized carbons (Fsp3) is 0.316. The molecule has 0 radical (unpaired) electrons. The van der Waals surface area contributed by atoms with E-state index in [9.17, 15) is 9.59 Å². The predicted octanol–water partition coefficient (Wildman–Crippen LogP) is 3.45. The number of ether oxygens (including phenoxy) is 1. The maximum absolute atomic E-state index is 12.7. The summed E-state index contributed by atoms with van der Waals surface area (Å²) < 4.78 is 8.34. The number of amides is 1. The van der Waals surface area contributed by atoms with Crippen LogP contribution in [0.4, 0.5) is 0 Å². The molecule has 0 saturated carbocycles. The van der Waals surface area contributed by atoms with Crippen LogP contribution < -0.4 is 5.32 Å². The van der Waals surface area contributed by atoms with Crippen molar-refractivity contribution in [3.8, 4) is 0 Å². The topological polar surface area (TPSA) is 73.2 Å². The highest BCUT2D eigenvalue weighted by Crippen LogP contribution is 2.26. The summed E-state index contributed by atoms with van der Waals surface area (Å²) >= 11 is 1.55. The lowest BCUT2D eigenvalue weighted by Crippen LogP contribution is -2.44. The molecule has 0 aliphatic carbocycles. The molecule has 0 bridgehead atoms. The van der Waals surface area contributed by atoms with Crippen LogP contribution in [0, 0.1) is 0 Å². The average molecular weight is 371 g/mol. The van der Waals surface area contributed by atoms with Gasteiger partial charge in [0, 0.05) is 18.8 Å². The van der Waals surface area contributed by atoms with Crippen molar-refractivity contribution in [1.29, 1.82) is 0 Å². The monoisotopic (exact) mass is 371 g/mol. The largest absolute Gasteiger partial charge is 0.441 e. The number of aryl methyl sites for hydroxylation is 1. The van der Waals surface area contributed by atoms with E-state index < -0.39 is 23.5 Å². The van der Waals surface area contributed by atoms with E-state index in [4.69, 9.17) is 4.74 Å². The average Bonchev–Trinajstić information content (AvgIpc) is 3.15. The van der Waals surface area contributed by atoms with Crippen molar-refractivity contribution in [2.75, 3.05) is 0 Å². The number of nitrogens with zero attached hydrogens (tertiary/aromatic N) is 2. The van der Waals surface area contributed by atoms with Crippen LogP contribution in [0.25, 0.3) is 10.2 Å². The third-order valence-corrected chi connectivity index (χ3v) is 4.64. The Morgan fingerprint density at radius 1 is 1.27 bits per heavy atom. The predicted molar refractivity (Wildman–Crippen MR) is 101 cm³/mol. The molecule has 7 heteroatoms. The van der Waals surface area contributed by atoms with E-state index in [0.29, 0.717) is 11.4 Å². The van der Waals surface area contributed by atoms with E-state index in [1.807, 2.05) is 32.2 Å². The number of aromatic nitrogens is 2. The Morgan fingerprint density at radius 2 is 2.04 bits per heavy atom. The molecule has 0 aliphatic heterocycles. The van der Waals surface area contributed by atoms with Crippen LogP contribution in [0.5, 0.6) is 0 Å². The highest BCUT2D eigenvalue weighted by Gasteiger charge is 2.30. The molecule has 0 aliphatic rings. The highest BCUT2D eigenvalue weighted by atomic mass is 32.1. The Labute approximate surface area is 155 Å². The molecule has 26 heavy (non-hydrogen) atoms. The van der Waals surface area contributed by atoms with Crippen LogP contribution in [0.15, 0.2) is 41.9 Å². The number of fused-ring (bicyclic) bond motifs is 1. The quantitative estimate of drug-likeness (QED) is 0.713. The van der Waals surface area contributed by atoms with Crippen LogP contribution in [-0.2, 0) is 16.6 Å². The second-order valence-electron chi connectivity index (χ2n) is 7.04. The van der Waals surface area contributed by atoms with Gasteiger partial charge in [-0.25, -0.2) is 4.79 Å². The second-order valence-corrected chi connectivity index (χ2v) is 7.99. The Kier molecular flexibility index (Phi) is 4.82. The minimum atomic E-state index is -1.11. The molecule has 0 fully saturated rings. The minimum Gasteiger partial charge on any atom is -0.441 e. The minimum absolute atomic E-state index is 0.388. The first-order valence-electron chi connectivity index (χ1n) is 8.23. The van der Waals surface area contributed by atoms with Crippen molar-refractivity contribution in [2.24, 2.45) is 7.05 Å². The smallest absolute Gasteiger partial charge is 0.356 e. The first-order valence-corrected chi connectivity index (χ1v) is 9.11. The molecule has 3 heterocycles. The first kappa shape index (κ1) is 18.1. The summed E-state index contributed by atoms with van der Waals surface area (Å²) in [6, 6.07) is 8.89. The molecule has 0 aromatic carbocycles. The number of hydrogen-bond donors (Lipinski definition) is 1. The Hall–Kier alpha value is -2.67. The third-order valence-electron chi connectivity index (χ3n) is 3.79. The molecule has 1 amide bonds. The number of esters is 1. The summed E-state index contributed by atoms with van der Waals surface area (Å²) in [6.45, 7) is 5.61. The van der Waals surface area contributed by atoms with E-state index in [1.54, 1.807) is 53.4 Å². The van der Waals surface area contributed by atoms with E-state index in [0.717, 1.165) is 10.2 Å². The van der Waals surface area contributed by atoms with Gasteiger partial charge >= 0.3 is 5.97 Å². The van der Waals surface area contributed by atoms with Crippen molar-refractivity contribution in [3.63, 3.8) is 0 Å². The van der Waals surface area contributed by atoms with Crippen molar-refractivity contribution in [3.05, 3.63) is 53.3 Å². The standard InChI is InChI=1S/C19H21N3O3S/c1-19(2,3)21-17(23)16(12-7-5-6-9-20-12)25-18(24)14-11-15-13(22(14)4)8-10-26-15/h5-11,16H,1-4H3,(H,21,23). The molecule has 136 valence electrons. The molecule has 0 saturated heterocycles. The van der Waals surface area contributed by atoms with Crippen LogP contribution >= 0.6 is 11.3 Å². The first-order chi connectivity index (χ1) is 12.3. The number of pyridine rings is 1. The van der Waals surface area contributed by atoms with Gasteiger partial charge in [-0.3, -0.25) is 9.78 Å². The maximum atomic E-state index is 12.7. The zero-order valence-electron chi connectivity index (χ0n) is 15.1. The molecule has 1 atom stereocenters. The Morgan fingerprint density at radius 3 is 2.65 bits per heavy atom. The van der Waals surface area contributed by atoms with Crippen molar-refractivity contribution in [1.82, 2.24) is 14.9 Å². The van der Waals surface area contributed by atoms with E-state index in [1.165, 1.54) is 0 Å². The molecule has 0 spiro atoms. The molecule has 3 rings (SSSR count). The van der Waals surface area contributed by atoms with Gasteiger partial charge in [0.1, 0.15) is 5.69 Å². The summed E-state index contributed by atoms with van der Waals surface area (Å²) in [5.41, 5.74) is 1.29. The number of rotatable bonds is 4. The van der Waals surface area contributed by atoms with Gasteiger partial charge in [-0.15, -0.1) is 11.3 Å². The molecule has 1 unspecified atom stereocenters. The third kappa shape index (κ3) is 3.77. The molecule has 3 aromatic heterocycles. The Bertz CT molecular complexity index is 938. The Balaban J connectivity index is 1.89. The molecule has 6 nitrogen and oxygen atoms in total. The van der Waals surface area contributed by atoms with Crippen molar-refractivity contribution < 1.29 is 14.3 Å². The summed E-state index contributed by atoms with van der Waals surface area (Å²) in [6.07, 6.45) is 0.454.